The average Bonchev–Trinajstić information content (AvgIpc) is 2.91. The van der Waals surface area contributed by atoms with Crippen molar-refractivity contribution in [3.8, 4) is 17.0 Å². The second-order valence-electron chi connectivity index (χ2n) is 5.08. The van der Waals surface area contributed by atoms with Gasteiger partial charge in [0.05, 0.1) is 5.56 Å². The molecule has 0 atom stereocenters. The maximum Gasteiger partial charge on any atom is 0.153 e. The predicted octanol–water partition coefficient (Wildman–Crippen LogP) is 2.32. The topological polar surface area (TPSA) is 47.4 Å². The van der Waals surface area contributed by atoms with Crippen LogP contribution in [-0.2, 0) is 6.54 Å². The molecule has 1 aromatic carbocycles. The monoisotopic (exact) mass is 287 g/mol. The number of ether oxygens (including phenoxy) is 1. The summed E-state index contributed by atoms with van der Waals surface area (Å²) in [7, 11) is 4.02. The van der Waals surface area contributed by atoms with Crippen molar-refractivity contribution in [1.29, 1.82) is 0 Å². The van der Waals surface area contributed by atoms with Crippen LogP contribution in [0.3, 0.4) is 0 Å². The molecule has 1 aromatic heterocycles. The first-order chi connectivity index (χ1) is 10.1. The van der Waals surface area contributed by atoms with Gasteiger partial charge in [0, 0.05) is 24.8 Å². The molecule has 0 spiro atoms. The van der Waals surface area contributed by atoms with E-state index >= 15 is 0 Å². The maximum absolute atomic E-state index is 11.1. The molecule has 0 fully saturated rings. The van der Waals surface area contributed by atoms with Gasteiger partial charge < -0.3 is 9.64 Å². The summed E-state index contributed by atoms with van der Waals surface area (Å²) >= 11 is 0. The molecule has 1 heterocycles. The molecule has 5 nitrogen and oxygen atoms in total. The van der Waals surface area contributed by atoms with E-state index in [0.29, 0.717) is 17.9 Å². The Hall–Kier alpha value is -2.14. The van der Waals surface area contributed by atoms with E-state index in [4.69, 9.17) is 4.74 Å². The van der Waals surface area contributed by atoms with Crippen LogP contribution in [0, 0.1) is 0 Å². The zero-order valence-corrected chi connectivity index (χ0v) is 12.7. The van der Waals surface area contributed by atoms with E-state index in [1.807, 2.05) is 45.3 Å². The fourth-order valence-electron chi connectivity index (χ4n) is 1.96. The van der Waals surface area contributed by atoms with Crippen LogP contribution >= 0.6 is 0 Å². The number of carbonyl (C=O) groups excluding carboxylic acids is 1. The molecule has 0 N–H and O–H groups in total. The fourth-order valence-corrected chi connectivity index (χ4v) is 1.96. The first kappa shape index (κ1) is 15.3. The molecular weight excluding hydrogens is 266 g/mol. The summed E-state index contributed by atoms with van der Waals surface area (Å²) in [5.74, 6) is 0.822. The smallest absolute Gasteiger partial charge is 0.153 e. The van der Waals surface area contributed by atoms with Crippen LogP contribution in [0.25, 0.3) is 11.3 Å². The standard InChI is InChI=1S/C16H21N3O2/c1-4-19-11-14(12-20)16(17-19)13-5-7-15(8-6-13)21-10-9-18(2)3/h5-8,11-12H,4,9-10H2,1-3H3. The number of aryl methyl sites for hydroxylation is 1. The largest absolute Gasteiger partial charge is 0.492 e. The molecular formula is C16H21N3O2. The van der Waals surface area contributed by atoms with Gasteiger partial charge >= 0.3 is 0 Å². The summed E-state index contributed by atoms with van der Waals surface area (Å²) in [6.45, 7) is 4.26. The van der Waals surface area contributed by atoms with E-state index < -0.39 is 0 Å². The van der Waals surface area contributed by atoms with Crippen LogP contribution in [-0.4, -0.2) is 48.2 Å². The minimum Gasteiger partial charge on any atom is -0.492 e. The van der Waals surface area contributed by atoms with Crippen molar-refractivity contribution < 1.29 is 9.53 Å². The Morgan fingerprint density at radius 3 is 2.57 bits per heavy atom. The molecule has 2 rings (SSSR count). The summed E-state index contributed by atoms with van der Waals surface area (Å²) in [6.07, 6.45) is 2.61. The number of aldehydes is 1. The van der Waals surface area contributed by atoms with Crippen molar-refractivity contribution in [1.82, 2.24) is 14.7 Å². The van der Waals surface area contributed by atoms with Crippen LogP contribution in [0.2, 0.25) is 0 Å². The Kier molecular flexibility index (Phi) is 5.11. The Labute approximate surface area is 125 Å². The summed E-state index contributed by atoms with van der Waals surface area (Å²) in [5, 5.41) is 4.42. The molecule has 0 saturated heterocycles. The zero-order chi connectivity index (χ0) is 15.2. The number of benzene rings is 1. The first-order valence-electron chi connectivity index (χ1n) is 7.04. The molecule has 0 amide bonds. The highest BCUT2D eigenvalue weighted by molar-refractivity contribution is 5.85. The van der Waals surface area contributed by atoms with E-state index in [1.54, 1.807) is 10.9 Å². The van der Waals surface area contributed by atoms with Gasteiger partial charge in [-0.25, -0.2) is 0 Å². The van der Waals surface area contributed by atoms with Gasteiger partial charge in [-0.1, -0.05) is 0 Å². The van der Waals surface area contributed by atoms with Crippen LogP contribution < -0.4 is 4.74 Å². The van der Waals surface area contributed by atoms with Gasteiger partial charge in [0.2, 0.25) is 0 Å². The lowest BCUT2D eigenvalue weighted by atomic mass is 10.1. The molecule has 0 aliphatic rings. The Morgan fingerprint density at radius 2 is 2.00 bits per heavy atom. The lowest BCUT2D eigenvalue weighted by molar-refractivity contribution is 0.112. The fraction of sp³-hybridized carbons (Fsp3) is 0.375. The predicted molar refractivity (Wildman–Crippen MR) is 82.8 cm³/mol. The second kappa shape index (κ2) is 7.04. The number of likely N-dealkylation sites (N-methyl/N-ethyl adjacent to an activating group) is 1. The van der Waals surface area contributed by atoms with Gasteiger partial charge in [0.15, 0.2) is 6.29 Å². The first-order valence-corrected chi connectivity index (χ1v) is 7.04. The van der Waals surface area contributed by atoms with E-state index in [-0.39, 0.29) is 0 Å². The molecule has 0 bridgehead atoms. The molecule has 0 radical (unpaired) electrons. The number of hydrogen-bond donors (Lipinski definition) is 0. The van der Waals surface area contributed by atoms with Gasteiger partial charge in [-0.3, -0.25) is 9.48 Å². The summed E-state index contributed by atoms with van der Waals surface area (Å²) in [5.41, 5.74) is 2.24. The molecule has 21 heavy (non-hydrogen) atoms. The third-order valence-corrected chi connectivity index (χ3v) is 3.18. The highest BCUT2D eigenvalue weighted by Gasteiger charge is 2.10. The SMILES string of the molecule is CCn1cc(C=O)c(-c2ccc(OCCN(C)C)cc2)n1. The Bertz CT molecular complexity index is 588. The third-order valence-electron chi connectivity index (χ3n) is 3.18. The van der Waals surface area contributed by atoms with Crippen LogP contribution in [0.4, 0.5) is 0 Å². The molecule has 2 aromatic rings. The summed E-state index contributed by atoms with van der Waals surface area (Å²) < 4.78 is 7.42. The highest BCUT2D eigenvalue weighted by Crippen LogP contribution is 2.23. The zero-order valence-electron chi connectivity index (χ0n) is 12.7. The maximum atomic E-state index is 11.1. The second-order valence-corrected chi connectivity index (χ2v) is 5.08. The molecule has 0 saturated carbocycles. The van der Waals surface area contributed by atoms with Crippen LogP contribution in [0.5, 0.6) is 5.75 Å². The summed E-state index contributed by atoms with van der Waals surface area (Å²) in [6, 6.07) is 7.68. The Balaban J connectivity index is 2.11. The van der Waals surface area contributed by atoms with Gasteiger partial charge in [0.1, 0.15) is 18.1 Å². The van der Waals surface area contributed by atoms with Gasteiger partial charge in [-0.15, -0.1) is 0 Å². The van der Waals surface area contributed by atoms with Crippen LogP contribution in [0.15, 0.2) is 30.5 Å². The minimum absolute atomic E-state index is 0.609. The van der Waals surface area contributed by atoms with Crippen molar-refractivity contribution >= 4 is 6.29 Å². The molecule has 5 heteroatoms. The highest BCUT2D eigenvalue weighted by atomic mass is 16.5. The molecule has 0 aliphatic heterocycles. The van der Waals surface area contributed by atoms with E-state index in [2.05, 4.69) is 10.00 Å². The number of nitrogens with zero attached hydrogens (tertiary/aromatic N) is 3. The number of rotatable bonds is 7. The third kappa shape index (κ3) is 3.92. The van der Waals surface area contributed by atoms with E-state index in [1.165, 1.54) is 0 Å². The van der Waals surface area contributed by atoms with Crippen LogP contribution in [0.1, 0.15) is 17.3 Å². The van der Waals surface area contributed by atoms with Gasteiger partial charge in [0.25, 0.3) is 0 Å². The molecule has 0 unspecified atom stereocenters. The van der Waals surface area contributed by atoms with Crippen molar-refractivity contribution in [2.24, 2.45) is 0 Å². The number of aromatic nitrogens is 2. The van der Waals surface area contributed by atoms with Gasteiger partial charge in [-0.2, -0.15) is 5.10 Å². The lowest BCUT2D eigenvalue weighted by Gasteiger charge is -2.11. The Morgan fingerprint density at radius 1 is 1.29 bits per heavy atom. The van der Waals surface area contributed by atoms with E-state index in [0.717, 1.165) is 30.7 Å². The van der Waals surface area contributed by atoms with E-state index in [9.17, 15) is 4.79 Å². The normalized spacial score (nSPS) is 10.9. The van der Waals surface area contributed by atoms with Crippen molar-refractivity contribution in [2.75, 3.05) is 27.2 Å². The number of carbonyl (C=O) groups is 1. The quantitative estimate of drug-likeness (QED) is 0.733. The van der Waals surface area contributed by atoms with Crippen molar-refractivity contribution in [3.05, 3.63) is 36.0 Å². The minimum atomic E-state index is 0.609. The average molecular weight is 287 g/mol. The van der Waals surface area contributed by atoms with Crippen molar-refractivity contribution in [3.63, 3.8) is 0 Å². The van der Waals surface area contributed by atoms with Crippen molar-refractivity contribution in [2.45, 2.75) is 13.5 Å². The lowest BCUT2D eigenvalue weighted by Crippen LogP contribution is -2.19. The molecule has 112 valence electrons. The number of hydrogen-bond acceptors (Lipinski definition) is 4. The van der Waals surface area contributed by atoms with Gasteiger partial charge in [-0.05, 0) is 45.3 Å². The summed E-state index contributed by atoms with van der Waals surface area (Å²) in [4.78, 5) is 13.2. The molecule has 0 aliphatic carbocycles.